The first-order valence-electron chi connectivity index (χ1n) is 7.06. The number of non-ortho nitro benzene ring substituents is 1. The molecule has 0 fully saturated rings. The van der Waals surface area contributed by atoms with E-state index in [1.807, 2.05) is 7.05 Å². The molecule has 2 atom stereocenters. The summed E-state index contributed by atoms with van der Waals surface area (Å²) in [6.45, 7) is 6.98. The summed E-state index contributed by atoms with van der Waals surface area (Å²) < 4.78 is 5.42. The minimum Gasteiger partial charge on any atom is -0.491 e. The van der Waals surface area contributed by atoms with E-state index in [0.717, 1.165) is 0 Å². The molecule has 0 aliphatic rings. The minimum atomic E-state index is -0.643. The highest BCUT2D eigenvalue weighted by Crippen LogP contribution is 2.19. The first-order valence-corrected chi connectivity index (χ1v) is 7.06. The van der Waals surface area contributed by atoms with Crippen LogP contribution >= 0.6 is 0 Å². The van der Waals surface area contributed by atoms with Gasteiger partial charge in [0.15, 0.2) is 0 Å². The highest BCUT2D eigenvalue weighted by Gasteiger charge is 2.17. The molecular formula is C15H24N2O4. The Hall–Kier alpha value is -1.66. The maximum Gasteiger partial charge on any atom is 0.273 e. The van der Waals surface area contributed by atoms with Crippen molar-refractivity contribution in [1.29, 1.82) is 0 Å². The van der Waals surface area contributed by atoms with E-state index >= 15 is 0 Å². The summed E-state index contributed by atoms with van der Waals surface area (Å²) >= 11 is 0. The molecule has 0 bridgehead atoms. The Morgan fingerprint density at radius 3 is 2.62 bits per heavy atom. The second kappa shape index (κ2) is 7.95. The van der Waals surface area contributed by atoms with Gasteiger partial charge in [0.2, 0.25) is 0 Å². The quantitative estimate of drug-likeness (QED) is 0.588. The van der Waals surface area contributed by atoms with E-state index in [4.69, 9.17) is 4.74 Å². The minimum absolute atomic E-state index is 0.0208. The van der Waals surface area contributed by atoms with E-state index in [9.17, 15) is 15.2 Å². The molecule has 6 heteroatoms. The van der Waals surface area contributed by atoms with Crippen molar-refractivity contribution in [2.75, 3.05) is 20.2 Å². The Morgan fingerprint density at radius 1 is 1.38 bits per heavy atom. The normalized spacial score (nSPS) is 14.2. The number of hydrogen-bond acceptors (Lipinski definition) is 5. The van der Waals surface area contributed by atoms with Crippen LogP contribution in [0.15, 0.2) is 24.3 Å². The molecule has 118 valence electrons. The van der Waals surface area contributed by atoms with Crippen LogP contribution in [0.5, 0.6) is 5.75 Å². The van der Waals surface area contributed by atoms with Crippen LogP contribution in [-0.4, -0.2) is 47.3 Å². The molecule has 0 saturated heterocycles. The molecule has 0 aliphatic heterocycles. The molecule has 1 aromatic rings. The van der Waals surface area contributed by atoms with E-state index in [2.05, 4.69) is 25.7 Å². The third-order valence-electron chi connectivity index (χ3n) is 3.63. The number of likely N-dealkylation sites (N-methyl/N-ethyl adjacent to an activating group) is 1. The summed E-state index contributed by atoms with van der Waals surface area (Å²) in [6, 6.07) is 6.32. The van der Waals surface area contributed by atoms with Gasteiger partial charge in [0, 0.05) is 18.7 Å². The summed E-state index contributed by atoms with van der Waals surface area (Å²) in [4.78, 5) is 12.3. The number of aliphatic hydroxyl groups excluding tert-OH is 1. The van der Waals surface area contributed by atoms with Crippen LogP contribution in [0.25, 0.3) is 0 Å². The summed E-state index contributed by atoms with van der Waals surface area (Å²) in [5.41, 5.74) is -0.0208. The number of nitro groups is 1. The lowest BCUT2D eigenvalue weighted by Crippen LogP contribution is -2.40. The molecule has 1 N–H and O–H groups in total. The Labute approximate surface area is 125 Å². The highest BCUT2D eigenvalue weighted by atomic mass is 16.6. The molecule has 6 nitrogen and oxygen atoms in total. The van der Waals surface area contributed by atoms with Crippen molar-refractivity contribution in [3.05, 3.63) is 34.4 Å². The van der Waals surface area contributed by atoms with Gasteiger partial charge >= 0.3 is 0 Å². The van der Waals surface area contributed by atoms with Crippen molar-refractivity contribution in [3.8, 4) is 5.75 Å². The average Bonchev–Trinajstić information content (AvgIpc) is 2.44. The number of benzene rings is 1. The Morgan fingerprint density at radius 2 is 2.05 bits per heavy atom. The summed E-state index contributed by atoms with van der Waals surface area (Å²) in [7, 11) is 1.96. The van der Waals surface area contributed by atoms with Crippen LogP contribution in [0.2, 0.25) is 0 Å². The molecular weight excluding hydrogens is 272 g/mol. The monoisotopic (exact) mass is 296 g/mol. The average molecular weight is 296 g/mol. The Balaban J connectivity index is 2.48. The zero-order chi connectivity index (χ0) is 16.0. The van der Waals surface area contributed by atoms with Crippen LogP contribution in [0, 0.1) is 16.0 Å². The largest absolute Gasteiger partial charge is 0.491 e. The van der Waals surface area contributed by atoms with Gasteiger partial charge in [-0.3, -0.25) is 10.1 Å². The second-order valence-corrected chi connectivity index (χ2v) is 5.64. The van der Waals surface area contributed by atoms with E-state index in [1.54, 1.807) is 12.1 Å². The molecule has 0 unspecified atom stereocenters. The topological polar surface area (TPSA) is 75.8 Å². The van der Waals surface area contributed by atoms with Crippen molar-refractivity contribution < 1.29 is 14.8 Å². The zero-order valence-electron chi connectivity index (χ0n) is 13.0. The number of hydrogen-bond donors (Lipinski definition) is 1. The first kappa shape index (κ1) is 17.4. The lowest BCUT2D eigenvalue weighted by molar-refractivity contribution is -0.384. The zero-order valence-corrected chi connectivity index (χ0v) is 13.0. The van der Waals surface area contributed by atoms with Crippen LogP contribution in [0.1, 0.15) is 20.8 Å². The van der Waals surface area contributed by atoms with Crippen molar-refractivity contribution in [1.82, 2.24) is 4.90 Å². The van der Waals surface area contributed by atoms with Crippen LogP contribution in [0.4, 0.5) is 5.69 Å². The van der Waals surface area contributed by atoms with Gasteiger partial charge in [-0.1, -0.05) is 19.9 Å². The van der Waals surface area contributed by atoms with Gasteiger partial charge < -0.3 is 14.7 Å². The van der Waals surface area contributed by atoms with Gasteiger partial charge in [-0.2, -0.15) is 0 Å². The molecule has 0 amide bonds. The van der Waals surface area contributed by atoms with E-state index < -0.39 is 11.0 Å². The summed E-state index contributed by atoms with van der Waals surface area (Å²) in [6.07, 6.45) is -0.643. The van der Waals surface area contributed by atoms with E-state index in [1.165, 1.54) is 12.1 Å². The third kappa shape index (κ3) is 5.69. The lowest BCUT2D eigenvalue weighted by atomic mass is 10.1. The van der Waals surface area contributed by atoms with Crippen LogP contribution in [-0.2, 0) is 0 Å². The first-order chi connectivity index (χ1) is 9.81. The van der Waals surface area contributed by atoms with Crippen LogP contribution < -0.4 is 4.74 Å². The van der Waals surface area contributed by atoms with E-state index in [-0.39, 0.29) is 12.3 Å². The number of rotatable bonds is 8. The fourth-order valence-corrected chi connectivity index (χ4v) is 1.94. The number of nitro benzene ring substituents is 1. The predicted molar refractivity (Wildman–Crippen MR) is 81.5 cm³/mol. The van der Waals surface area contributed by atoms with Crippen LogP contribution in [0.3, 0.4) is 0 Å². The molecule has 0 saturated carbocycles. The highest BCUT2D eigenvalue weighted by molar-refractivity contribution is 5.37. The molecule has 0 spiro atoms. The fourth-order valence-electron chi connectivity index (χ4n) is 1.94. The van der Waals surface area contributed by atoms with Crippen molar-refractivity contribution >= 4 is 5.69 Å². The maximum atomic E-state index is 10.7. The second-order valence-electron chi connectivity index (χ2n) is 5.64. The van der Waals surface area contributed by atoms with Gasteiger partial charge in [0.25, 0.3) is 5.69 Å². The van der Waals surface area contributed by atoms with Crippen molar-refractivity contribution in [2.45, 2.75) is 32.9 Å². The van der Waals surface area contributed by atoms with Gasteiger partial charge in [-0.25, -0.2) is 0 Å². The smallest absolute Gasteiger partial charge is 0.273 e. The van der Waals surface area contributed by atoms with Crippen molar-refractivity contribution in [2.24, 2.45) is 5.92 Å². The van der Waals surface area contributed by atoms with Gasteiger partial charge in [0.05, 0.1) is 11.0 Å². The maximum absolute atomic E-state index is 10.7. The number of aliphatic hydroxyl groups is 1. The molecule has 0 heterocycles. The molecule has 0 aliphatic carbocycles. The number of nitrogens with zero attached hydrogens (tertiary/aromatic N) is 2. The van der Waals surface area contributed by atoms with Gasteiger partial charge in [-0.15, -0.1) is 0 Å². The SMILES string of the molecule is CC(C)[C@H](C)N(C)C[C@@H](O)COc1cccc([N+](=O)[O-])c1. The van der Waals surface area contributed by atoms with Gasteiger partial charge in [-0.05, 0) is 26.0 Å². The Bertz CT molecular complexity index is 465. The number of ether oxygens (including phenoxy) is 1. The van der Waals surface area contributed by atoms with E-state index in [0.29, 0.717) is 24.3 Å². The Kier molecular flexibility index (Phi) is 6.58. The summed E-state index contributed by atoms with van der Waals surface area (Å²) in [5, 5.41) is 20.7. The van der Waals surface area contributed by atoms with Crippen molar-refractivity contribution in [3.63, 3.8) is 0 Å². The predicted octanol–water partition coefficient (Wildman–Crippen LogP) is 2.31. The molecule has 21 heavy (non-hydrogen) atoms. The third-order valence-corrected chi connectivity index (χ3v) is 3.63. The molecule has 1 aromatic carbocycles. The molecule has 1 rings (SSSR count). The lowest BCUT2D eigenvalue weighted by Gasteiger charge is -2.29. The fraction of sp³-hybridized carbons (Fsp3) is 0.600. The standard InChI is InChI=1S/C15H24N2O4/c1-11(2)12(3)16(4)9-14(18)10-21-15-7-5-6-13(8-15)17(19)20/h5-8,11-12,14,18H,9-10H2,1-4H3/t12-,14+/m0/s1. The van der Waals surface area contributed by atoms with Gasteiger partial charge in [0.1, 0.15) is 18.5 Å². The molecule has 0 radical (unpaired) electrons. The molecule has 0 aromatic heterocycles. The summed E-state index contributed by atoms with van der Waals surface area (Å²) in [5.74, 6) is 0.891.